The Morgan fingerprint density at radius 1 is 1.24 bits per heavy atom. The van der Waals surface area contributed by atoms with Crippen molar-refractivity contribution in [1.29, 1.82) is 0 Å². The van der Waals surface area contributed by atoms with Crippen LogP contribution >= 0.6 is 11.8 Å². The lowest BCUT2D eigenvalue weighted by atomic mass is 10.1. The van der Waals surface area contributed by atoms with Crippen LogP contribution in [-0.4, -0.2) is 17.6 Å². The fraction of sp³-hybridized carbons (Fsp3) is 0.300. The second kappa shape index (κ2) is 7.74. The molecule has 1 heterocycles. The average Bonchev–Trinajstić information content (AvgIpc) is 2.98. The number of rotatable bonds is 5. The molecule has 3 rings (SSSR count). The van der Waals surface area contributed by atoms with Gasteiger partial charge in [0.15, 0.2) is 0 Å². The summed E-state index contributed by atoms with van der Waals surface area (Å²) in [5.74, 6) is 0.592. The minimum atomic E-state index is -0.0711. The largest absolute Gasteiger partial charge is 0.326 e. The lowest BCUT2D eigenvalue weighted by Gasteiger charge is -2.25. The summed E-state index contributed by atoms with van der Waals surface area (Å²) in [5.41, 5.74) is 3.87. The van der Waals surface area contributed by atoms with Gasteiger partial charge in [0.2, 0.25) is 11.8 Å². The van der Waals surface area contributed by atoms with E-state index < -0.39 is 0 Å². The van der Waals surface area contributed by atoms with E-state index in [9.17, 15) is 9.59 Å². The van der Waals surface area contributed by atoms with Gasteiger partial charge in [0, 0.05) is 17.8 Å². The third-order valence-electron chi connectivity index (χ3n) is 4.11. The number of aryl methyl sites for hydroxylation is 1. The number of carbonyl (C=O) groups is 2. The number of hydrogen-bond donors (Lipinski definition) is 1. The number of carbonyl (C=O) groups excluding carboxylic acids is 2. The van der Waals surface area contributed by atoms with Crippen LogP contribution in [0.25, 0.3) is 0 Å². The topological polar surface area (TPSA) is 49.4 Å². The second-order valence-electron chi connectivity index (χ2n) is 6.19. The van der Waals surface area contributed by atoms with Crippen molar-refractivity contribution in [2.45, 2.75) is 32.1 Å². The van der Waals surface area contributed by atoms with Gasteiger partial charge < -0.3 is 5.32 Å². The molecule has 4 nitrogen and oxygen atoms in total. The van der Waals surface area contributed by atoms with E-state index in [1.54, 1.807) is 11.8 Å². The van der Waals surface area contributed by atoms with Crippen LogP contribution in [0.2, 0.25) is 0 Å². The minimum Gasteiger partial charge on any atom is -0.326 e. The van der Waals surface area contributed by atoms with Crippen molar-refractivity contribution in [3.63, 3.8) is 0 Å². The number of nitrogens with zero attached hydrogens (tertiary/aromatic N) is 1. The van der Waals surface area contributed by atoms with E-state index in [1.807, 2.05) is 67.3 Å². The molecule has 1 saturated heterocycles. The molecule has 1 N–H and O–H groups in total. The molecule has 1 atom stereocenters. The van der Waals surface area contributed by atoms with E-state index in [1.165, 1.54) is 5.56 Å². The Bertz CT molecular complexity index is 774. The van der Waals surface area contributed by atoms with E-state index in [0.29, 0.717) is 12.2 Å². The first kappa shape index (κ1) is 17.5. The average molecular weight is 354 g/mol. The van der Waals surface area contributed by atoms with E-state index in [-0.39, 0.29) is 17.2 Å². The van der Waals surface area contributed by atoms with Crippen molar-refractivity contribution < 1.29 is 9.59 Å². The molecule has 2 aromatic rings. The summed E-state index contributed by atoms with van der Waals surface area (Å²) in [7, 11) is 0. The highest BCUT2D eigenvalue weighted by Crippen LogP contribution is 2.42. The highest BCUT2D eigenvalue weighted by atomic mass is 32.2. The molecule has 0 bridgehead atoms. The number of hydrogen-bond acceptors (Lipinski definition) is 3. The maximum atomic E-state index is 12.4. The first-order chi connectivity index (χ1) is 12.1. The normalized spacial score (nSPS) is 17.0. The van der Waals surface area contributed by atoms with Gasteiger partial charge in [-0.2, -0.15) is 0 Å². The zero-order chi connectivity index (χ0) is 17.8. The molecule has 1 aliphatic heterocycles. The summed E-state index contributed by atoms with van der Waals surface area (Å²) in [6.07, 6.45) is 1.33. The zero-order valence-corrected chi connectivity index (χ0v) is 15.3. The molecule has 0 radical (unpaired) electrons. The predicted molar refractivity (Wildman–Crippen MR) is 104 cm³/mol. The maximum Gasteiger partial charge on any atom is 0.238 e. The van der Waals surface area contributed by atoms with Crippen LogP contribution in [0.5, 0.6) is 0 Å². The van der Waals surface area contributed by atoms with Crippen molar-refractivity contribution in [1.82, 2.24) is 0 Å². The molecule has 1 aliphatic rings. The molecule has 0 unspecified atom stereocenters. The highest BCUT2D eigenvalue weighted by Gasteiger charge is 2.34. The van der Waals surface area contributed by atoms with Gasteiger partial charge in [-0.15, -0.1) is 11.8 Å². The Labute approximate surface area is 152 Å². The zero-order valence-electron chi connectivity index (χ0n) is 14.5. The van der Waals surface area contributed by atoms with Crippen LogP contribution in [0.1, 0.15) is 36.3 Å². The van der Waals surface area contributed by atoms with E-state index in [0.717, 1.165) is 23.4 Å². The van der Waals surface area contributed by atoms with Gasteiger partial charge in [0.25, 0.3) is 0 Å². The van der Waals surface area contributed by atoms with Crippen LogP contribution in [0.4, 0.5) is 11.4 Å². The molecule has 0 spiro atoms. The van der Waals surface area contributed by atoms with Crippen molar-refractivity contribution >= 4 is 35.0 Å². The van der Waals surface area contributed by atoms with Crippen LogP contribution < -0.4 is 10.2 Å². The smallest absolute Gasteiger partial charge is 0.238 e. The Morgan fingerprint density at radius 2 is 2.00 bits per heavy atom. The van der Waals surface area contributed by atoms with Crippen LogP contribution in [0.3, 0.4) is 0 Å². The van der Waals surface area contributed by atoms with Crippen molar-refractivity contribution in [3.05, 3.63) is 59.7 Å². The Balaban J connectivity index is 1.85. The molecule has 2 aromatic carbocycles. The van der Waals surface area contributed by atoms with Crippen molar-refractivity contribution in [2.75, 3.05) is 16.0 Å². The van der Waals surface area contributed by atoms with Gasteiger partial charge in [0.1, 0.15) is 5.37 Å². The molecule has 0 aromatic heterocycles. The van der Waals surface area contributed by atoms with Gasteiger partial charge in [-0.05, 0) is 43.2 Å². The minimum absolute atomic E-state index is 0.0187. The van der Waals surface area contributed by atoms with Crippen LogP contribution in [0.15, 0.2) is 48.5 Å². The molecule has 0 saturated carbocycles. The maximum absolute atomic E-state index is 12.4. The standard InChI is InChI=1S/C20H22N2O2S/c1-3-5-18(23)21-16-7-4-6-15(12-16)20-22(19(24)13-25-20)17-10-8-14(2)9-11-17/h4,6-12,20H,3,5,13H2,1-2H3,(H,21,23)/t20-/m0/s1. The van der Waals surface area contributed by atoms with Gasteiger partial charge >= 0.3 is 0 Å². The molecule has 5 heteroatoms. The van der Waals surface area contributed by atoms with E-state index in [4.69, 9.17) is 0 Å². The predicted octanol–water partition coefficient (Wildman–Crippen LogP) is 4.51. The molecule has 1 fully saturated rings. The van der Waals surface area contributed by atoms with Crippen LogP contribution in [0, 0.1) is 6.92 Å². The number of nitrogens with one attached hydrogen (secondary N) is 1. The summed E-state index contributed by atoms with van der Waals surface area (Å²) >= 11 is 1.61. The van der Waals surface area contributed by atoms with Gasteiger partial charge in [-0.1, -0.05) is 36.8 Å². The first-order valence-corrected chi connectivity index (χ1v) is 9.53. The monoisotopic (exact) mass is 354 g/mol. The molecule has 25 heavy (non-hydrogen) atoms. The molecule has 0 aliphatic carbocycles. The quantitative estimate of drug-likeness (QED) is 0.859. The van der Waals surface area contributed by atoms with Crippen LogP contribution in [-0.2, 0) is 9.59 Å². The fourth-order valence-electron chi connectivity index (χ4n) is 2.88. The van der Waals surface area contributed by atoms with E-state index >= 15 is 0 Å². The Hall–Kier alpha value is -2.27. The summed E-state index contributed by atoms with van der Waals surface area (Å²) in [5, 5.41) is 2.86. The molecule has 130 valence electrons. The SMILES string of the molecule is CCCC(=O)Nc1cccc([C@@H]2SCC(=O)N2c2ccc(C)cc2)c1. The van der Waals surface area contributed by atoms with Crippen molar-refractivity contribution in [3.8, 4) is 0 Å². The molecular formula is C20H22N2O2S. The lowest BCUT2D eigenvalue weighted by Crippen LogP contribution is -2.27. The highest BCUT2D eigenvalue weighted by molar-refractivity contribution is 8.00. The third kappa shape index (κ3) is 4.04. The summed E-state index contributed by atoms with van der Waals surface area (Å²) in [6, 6.07) is 15.8. The number of thioether (sulfide) groups is 1. The molecule has 2 amide bonds. The Kier molecular flexibility index (Phi) is 5.43. The van der Waals surface area contributed by atoms with Gasteiger partial charge in [-0.3, -0.25) is 14.5 Å². The third-order valence-corrected chi connectivity index (χ3v) is 5.32. The van der Waals surface area contributed by atoms with Gasteiger partial charge in [-0.25, -0.2) is 0 Å². The number of benzene rings is 2. The second-order valence-corrected chi connectivity index (χ2v) is 7.25. The summed E-state index contributed by atoms with van der Waals surface area (Å²) in [4.78, 5) is 26.1. The number of anilines is 2. The summed E-state index contributed by atoms with van der Waals surface area (Å²) in [6.45, 7) is 4.01. The summed E-state index contributed by atoms with van der Waals surface area (Å²) < 4.78 is 0. The number of amides is 2. The Morgan fingerprint density at radius 3 is 2.72 bits per heavy atom. The van der Waals surface area contributed by atoms with Gasteiger partial charge in [0.05, 0.1) is 5.75 Å². The first-order valence-electron chi connectivity index (χ1n) is 8.48. The lowest BCUT2D eigenvalue weighted by molar-refractivity contribution is -0.116. The fourth-order valence-corrected chi connectivity index (χ4v) is 4.04. The van der Waals surface area contributed by atoms with E-state index in [2.05, 4.69) is 5.32 Å². The van der Waals surface area contributed by atoms with Crippen molar-refractivity contribution in [2.24, 2.45) is 0 Å². The molecular weight excluding hydrogens is 332 g/mol.